The van der Waals surface area contributed by atoms with Gasteiger partial charge in [0.2, 0.25) is 5.91 Å². The molecule has 1 heterocycles. The highest BCUT2D eigenvalue weighted by atomic mass is 32.2. The third kappa shape index (κ3) is 8.19. The first-order valence-corrected chi connectivity index (χ1v) is 14.2. The van der Waals surface area contributed by atoms with Crippen molar-refractivity contribution < 1.29 is 38.2 Å². The van der Waals surface area contributed by atoms with Crippen LogP contribution >= 0.6 is 11.8 Å². The topological polar surface area (TPSA) is 124 Å². The van der Waals surface area contributed by atoms with Crippen molar-refractivity contribution in [2.24, 2.45) is 0 Å². The monoisotopic (exact) mass is 607 g/mol. The largest absolute Gasteiger partial charge is 0.497 e. The summed E-state index contributed by atoms with van der Waals surface area (Å²) in [6, 6.07) is 18.7. The van der Waals surface area contributed by atoms with E-state index in [0.717, 1.165) is 22.4 Å². The van der Waals surface area contributed by atoms with Crippen LogP contribution in [-0.2, 0) is 20.7 Å². The summed E-state index contributed by atoms with van der Waals surface area (Å²) in [5.41, 5.74) is 0.617. The summed E-state index contributed by atoms with van der Waals surface area (Å²) in [7, 11) is 3.10. The molecule has 1 N–H and O–H groups in total. The summed E-state index contributed by atoms with van der Waals surface area (Å²) in [5.74, 6) is 1.18. The van der Waals surface area contributed by atoms with Gasteiger partial charge >= 0.3 is 6.09 Å². The van der Waals surface area contributed by atoms with Gasteiger partial charge in [-0.15, -0.1) is 5.06 Å². The average molecular weight is 608 g/mol. The number of ether oxygens (including phenoxy) is 3. The third-order valence-electron chi connectivity index (χ3n) is 6.08. The number of nitrogens with one attached hydrogen (secondary N) is 1. The number of nitrogens with zero attached hydrogens (tertiary/aromatic N) is 2. The SMILES string of the molecule is COc1ccc(Oc2ccc(N(Oc3ccc(CC4SC(=O)NC4=O)cc3)C(C)=O)c(N(C)C(=O)OC(C)(C)C)c2)cc1. The highest BCUT2D eigenvalue weighted by Gasteiger charge is 2.31. The van der Waals surface area contributed by atoms with Crippen LogP contribution in [0.15, 0.2) is 66.7 Å². The molecule has 3 aromatic rings. The lowest BCUT2D eigenvalue weighted by molar-refractivity contribution is -0.120. The van der Waals surface area contributed by atoms with Gasteiger partial charge in [-0.2, -0.15) is 0 Å². The van der Waals surface area contributed by atoms with Crippen molar-refractivity contribution in [2.45, 2.75) is 45.0 Å². The van der Waals surface area contributed by atoms with Gasteiger partial charge in [0.25, 0.3) is 11.1 Å². The standard InChI is InChI=1S/C31H33N3O8S/c1-19(35)34(42-23-9-7-20(8-10-23)17-27-28(36)32-29(37)43-27)25-16-15-24(40-22-13-11-21(39-6)12-14-22)18-26(25)33(5)30(38)41-31(2,3)4/h7-16,18,27H,17H2,1-6H3,(H,32,36,37). The zero-order chi connectivity index (χ0) is 31.3. The predicted molar refractivity (Wildman–Crippen MR) is 163 cm³/mol. The number of anilines is 2. The molecule has 1 aliphatic rings. The number of rotatable bonds is 9. The van der Waals surface area contributed by atoms with Gasteiger partial charge < -0.3 is 19.0 Å². The summed E-state index contributed by atoms with van der Waals surface area (Å²) < 4.78 is 16.8. The van der Waals surface area contributed by atoms with Crippen LogP contribution in [0.2, 0.25) is 0 Å². The molecule has 0 aliphatic carbocycles. The number of thioether (sulfide) groups is 1. The maximum atomic E-state index is 13.1. The molecule has 4 amide bonds. The summed E-state index contributed by atoms with van der Waals surface area (Å²) in [5, 5.41) is 2.48. The number of carbonyl (C=O) groups excluding carboxylic acids is 4. The molecule has 0 spiro atoms. The number of hydroxylamine groups is 1. The molecule has 4 rings (SSSR count). The number of hydrogen-bond acceptors (Lipinski definition) is 9. The van der Waals surface area contributed by atoms with E-state index in [4.69, 9.17) is 19.0 Å². The van der Waals surface area contributed by atoms with E-state index in [2.05, 4.69) is 5.32 Å². The second kappa shape index (κ2) is 13.1. The summed E-state index contributed by atoms with van der Waals surface area (Å²) in [6.07, 6.45) is -0.283. The quantitative estimate of drug-likeness (QED) is 0.287. The van der Waals surface area contributed by atoms with Crippen LogP contribution in [0.4, 0.5) is 21.0 Å². The molecule has 1 atom stereocenters. The molecule has 0 saturated carbocycles. The molecular weight excluding hydrogens is 574 g/mol. The van der Waals surface area contributed by atoms with Crippen LogP contribution < -0.4 is 29.6 Å². The van der Waals surface area contributed by atoms with Crippen LogP contribution in [0.25, 0.3) is 0 Å². The minimum Gasteiger partial charge on any atom is -0.497 e. The molecule has 226 valence electrons. The van der Waals surface area contributed by atoms with Gasteiger partial charge in [0.05, 0.1) is 18.0 Å². The van der Waals surface area contributed by atoms with Crippen LogP contribution in [0.5, 0.6) is 23.0 Å². The minimum atomic E-state index is -0.758. The van der Waals surface area contributed by atoms with Crippen molar-refractivity contribution >= 4 is 46.3 Å². The Morgan fingerprint density at radius 3 is 2.05 bits per heavy atom. The van der Waals surface area contributed by atoms with Gasteiger partial charge in [0.1, 0.15) is 28.5 Å². The number of methoxy groups -OCH3 is 1. The number of carbonyl (C=O) groups is 4. The first kappa shape index (κ1) is 31.2. The van der Waals surface area contributed by atoms with Gasteiger partial charge in [-0.25, -0.2) is 4.79 Å². The molecule has 12 heteroatoms. The molecule has 1 aliphatic heterocycles. The fourth-order valence-electron chi connectivity index (χ4n) is 4.03. The fourth-order valence-corrected chi connectivity index (χ4v) is 4.89. The van der Waals surface area contributed by atoms with Gasteiger partial charge in [0, 0.05) is 20.0 Å². The molecule has 0 radical (unpaired) electrons. The maximum absolute atomic E-state index is 13.1. The number of hydrogen-bond donors (Lipinski definition) is 1. The van der Waals surface area contributed by atoms with Gasteiger partial charge in [-0.3, -0.25) is 24.6 Å². The maximum Gasteiger partial charge on any atom is 0.414 e. The first-order valence-electron chi connectivity index (χ1n) is 13.3. The normalized spacial score (nSPS) is 14.5. The van der Waals surface area contributed by atoms with Crippen molar-refractivity contribution in [1.82, 2.24) is 5.32 Å². The molecular formula is C31H33N3O8S. The van der Waals surface area contributed by atoms with E-state index >= 15 is 0 Å². The van der Waals surface area contributed by atoms with E-state index in [0.29, 0.717) is 35.1 Å². The lowest BCUT2D eigenvalue weighted by Crippen LogP contribution is -2.37. The molecule has 0 aromatic heterocycles. The van der Waals surface area contributed by atoms with E-state index in [1.807, 2.05) is 0 Å². The van der Waals surface area contributed by atoms with Gasteiger partial charge in [-0.1, -0.05) is 23.9 Å². The van der Waals surface area contributed by atoms with Crippen LogP contribution in [-0.4, -0.2) is 48.2 Å². The zero-order valence-electron chi connectivity index (χ0n) is 24.7. The van der Waals surface area contributed by atoms with Crippen LogP contribution in [0.3, 0.4) is 0 Å². The smallest absolute Gasteiger partial charge is 0.414 e. The first-order chi connectivity index (χ1) is 20.3. The third-order valence-corrected chi connectivity index (χ3v) is 7.07. The fraction of sp³-hybridized carbons (Fsp3) is 0.290. The molecule has 3 aromatic carbocycles. The van der Waals surface area contributed by atoms with E-state index < -0.39 is 22.9 Å². The number of benzene rings is 3. The number of amides is 4. The van der Waals surface area contributed by atoms with Crippen LogP contribution in [0, 0.1) is 0 Å². The second-order valence-electron chi connectivity index (χ2n) is 10.6. The second-order valence-corrected chi connectivity index (χ2v) is 11.8. The Kier molecular flexibility index (Phi) is 9.50. The van der Waals surface area contributed by atoms with E-state index in [-0.39, 0.29) is 16.8 Å². The summed E-state index contributed by atoms with van der Waals surface area (Å²) >= 11 is 0.955. The lowest BCUT2D eigenvalue weighted by atomic mass is 10.1. The summed E-state index contributed by atoms with van der Waals surface area (Å²) in [4.78, 5) is 56.6. The van der Waals surface area contributed by atoms with Crippen molar-refractivity contribution in [3.05, 3.63) is 72.3 Å². The average Bonchev–Trinajstić information content (AvgIpc) is 3.27. The van der Waals surface area contributed by atoms with Crippen molar-refractivity contribution in [3.8, 4) is 23.0 Å². The molecule has 1 fully saturated rings. The van der Waals surface area contributed by atoms with Crippen molar-refractivity contribution in [1.29, 1.82) is 0 Å². The molecule has 1 saturated heterocycles. The highest BCUT2D eigenvalue weighted by Crippen LogP contribution is 2.36. The molecule has 1 unspecified atom stereocenters. The minimum absolute atomic E-state index is 0.268. The lowest BCUT2D eigenvalue weighted by Gasteiger charge is -2.29. The molecule has 43 heavy (non-hydrogen) atoms. The summed E-state index contributed by atoms with van der Waals surface area (Å²) in [6.45, 7) is 6.61. The Balaban J connectivity index is 1.62. The Labute approximate surface area is 254 Å². The van der Waals surface area contributed by atoms with E-state index in [9.17, 15) is 19.2 Å². The van der Waals surface area contributed by atoms with Crippen molar-refractivity contribution in [2.75, 3.05) is 24.1 Å². The van der Waals surface area contributed by atoms with Crippen molar-refractivity contribution in [3.63, 3.8) is 0 Å². The van der Waals surface area contributed by atoms with Crippen LogP contribution in [0.1, 0.15) is 33.3 Å². The predicted octanol–water partition coefficient (Wildman–Crippen LogP) is 6.10. The Hall–Kier alpha value is -4.71. The van der Waals surface area contributed by atoms with E-state index in [1.165, 1.54) is 18.9 Å². The number of imide groups is 1. The Bertz CT molecular complexity index is 1500. The Morgan fingerprint density at radius 2 is 1.49 bits per heavy atom. The van der Waals surface area contributed by atoms with Gasteiger partial charge in [-0.05, 0) is 81.3 Å². The molecule has 0 bridgehead atoms. The molecule has 11 nitrogen and oxygen atoms in total. The Morgan fingerprint density at radius 1 is 0.884 bits per heavy atom. The van der Waals surface area contributed by atoms with E-state index in [1.54, 1.807) is 94.6 Å². The highest BCUT2D eigenvalue weighted by molar-refractivity contribution is 8.15. The van der Waals surface area contributed by atoms with Gasteiger partial charge in [0.15, 0.2) is 5.75 Å². The zero-order valence-corrected chi connectivity index (χ0v) is 25.5.